The Morgan fingerprint density at radius 2 is 2.13 bits per heavy atom. The van der Waals surface area contributed by atoms with Crippen LogP contribution in [0.25, 0.3) is 0 Å². The first kappa shape index (κ1) is 11.7. The second kappa shape index (κ2) is 4.40. The van der Waals surface area contributed by atoms with Crippen molar-refractivity contribution in [2.45, 2.75) is 20.0 Å². The summed E-state index contributed by atoms with van der Waals surface area (Å²) < 4.78 is 17.9. The highest BCUT2D eigenvalue weighted by Gasteiger charge is 2.16. The number of benzene rings is 1. The zero-order chi connectivity index (χ0) is 11.6. The summed E-state index contributed by atoms with van der Waals surface area (Å²) >= 11 is 0. The van der Waals surface area contributed by atoms with Gasteiger partial charge >= 0.3 is 5.97 Å². The van der Waals surface area contributed by atoms with E-state index in [0.29, 0.717) is 5.56 Å². The highest BCUT2D eigenvalue weighted by molar-refractivity contribution is 5.91. The molecule has 82 valence electrons. The van der Waals surface area contributed by atoms with Crippen LogP contribution in [0.2, 0.25) is 0 Å². The average Bonchev–Trinajstić information content (AvgIpc) is 2.16. The lowest BCUT2D eigenvalue weighted by molar-refractivity contribution is 0.0599. The van der Waals surface area contributed by atoms with Crippen molar-refractivity contribution < 1.29 is 19.0 Å². The van der Waals surface area contributed by atoms with Crippen molar-refractivity contribution in [1.82, 2.24) is 0 Å². The van der Waals surface area contributed by atoms with Crippen LogP contribution in [0.15, 0.2) is 12.1 Å². The van der Waals surface area contributed by atoms with E-state index in [4.69, 9.17) is 0 Å². The Hall–Kier alpha value is -1.42. The van der Waals surface area contributed by atoms with Crippen LogP contribution in [0.3, 0.4) is 0 Å². The van der Waals surface area contributed by atoms with Crippen LogP contribution < -0.4 is 0 Å². The Morgan fingerprint density at radius 1 is 1.53 bits per heavy atom. The first-order valence-electron chi connectivity index (χ1n) is 4.53. The maximum Gasteiger partial charge on any atom is 0.338 e. The predicted molar refractivity (Wildman–Crippen MR) is 53.1 cm³/mol. The summed E-state index contributed by atoms with van der Waals surface area (Å²) in [5, 5.41) is 9.28. The van der Waals surface area contributed by atoms with Gasteiger partial charge in [0.15, 0.2) is 0 Å². The van der Waals surface area contributed by atoms with Gasteiger partial charge in [-0.25, -0.2) is 9.18 Å². The third kappa shape index (κ3) is 2.33. The third-order valence-corrected chi connectivity index (χ3v) is 2.20. The highest BCUT2D eigenvalue weighted by atomic mass is 19.1. The molecule has 1 aromatic rings. The Labute approximate surface area is 87.5 Å². The minimum absolute atomic E-state index is 0.0981. The standard InChI is InChI=1S/C11H13FO3/c1-6-4-10(12)9(7(2)13)5-8(6)11(14)15-3/h4-5,7,13H,1-3H3. The number of aliphatic hydroxyl groups excluding tert-OH is 1. The summed E-state index contributed by atoms with van der Waals surface area (Å²) in [6.07, 6.45) is -0.950. The van der Waals surface area contributed by atoms with Gasteiger partial charge in [0, 0.05) is 5.56 Å². The number of aryl methyl sites for hydroxylation is 1. The molecule has 1 unspecified atom stereocenters. The van der Waals surface area contributed by atoms with Crippen molar-refractivity contribution in [3.05, 3.63) is 34.6 Å². The van der Waals surface area contributed by atoms with Crippen LogP contribution in [0.1, 0.15) is 34.5 Å². The van der Waals surface area contributed by atoms with Crippen LogP contribution in [-0.4, -0.2) is 18.2 Å². The molecule has 3 nitrogen and oxygen atoms in total. The molecular weight excluding hydrogens is 199 g/mol. The minimum Gasteiger partial charge on any atom is -0.465 e. The molecule has 0 saturated heterocycles. The van der Waals surface area contributed by atoms with Gasteiger partial charge < -0.3 is 9.84 Å². The summed E-state index contributed by atoms with van der Waals surface area (Å²) in [6.45, 7) is 3.05. The van der Waals surface area contributed by atoms with Gasteiger partial charge in [0.05, 0.1) is 18.8 Å². The number of esters is 1. The molecule has 1 N–H and O–H groups in total. The molecule has 0 amide bonds. The SMILES string of the molecule is COC(=O)c1cc(C(C)O)c(F)cc1C. The summed E-state index contributed by atoms with van der Waals surface area (Å²) in [6, 6.07) is 2.54. The molecule has 0 spiro atoms. The van der Waals surface area contributed by atoms with E-state index < -0.39 is 17.9 Å². The number of carbonyl (C=O) groups is 1. The number of carbonyl (C=O) groups excluding carboxylic acids is 1. The van der Waals surface area contributed by atoms with E-state index >= 15 is 0 Å². The third-order valence-electron chi connectivity index (χ3n) is 2.20. The molecule has 1 atom stereocenters. The van der Waals surface area contributed by atoms with E-state index in [1.165, 1.54) is 26.2 Å². The molecule has 0 heterocycles. The summed E-state index contributed by atoms with van der Waals surface area (Å²) in [5.41, 5.74) is 0.861. The van der Waals surface area contributed by atoms with Gasteiger partial charge in [-0.2, -0.15) is 0 Å². The molecule has 0 aliphatic carbocycles. The summed E-state index contributed by atoms with van der Waals surface area (Å²) in [5.74, 6) is -1.05. The van der Waals surface area contributed by atoms with Crippen LogP contribution >= 0.6 is 0 Å². The zero-order valence-electron chi connectivity index (χ0n) is 8.87. The summed E-state index contributed by atoms with van der Waals surface area (Å²) in [7, 11) is 1.26. The number of hydrogen-bond donors (Lipinski definition) is 1. The minimum atomic E-state index is -0.950. The van der Waals surface area contributed by atoms with Crippen LogP contribution in [-0.2, 0) is 4.74 Å². The van der Waals surface area contributed by atoms with Gasteiger partial charge in [0.25, 0.3) is 0 Å². The normalized spacial score (nSPS) is 12.3. The Balaban J connectivity index is 3.29. The van der Waals surface area contributed by atoms with Crippen molar-refractivity contribution in [2.75, 3.05) is 7.11 Å². The Morgan fingerprint density at radius 3 is 2.60 bits per heavy atom. The van der Waals surface area contributed by atoms with Gasteiger partial charge in [0.1, 0.15) is 5.82 Å². The molecule has 1 aromatic carbocycles. The van der Waals surface area contributed by atoms with Crippen molar-refractivity contribution in [3.8, 4) is 0 Å². The van der Waals surface area contributed by atoms with E-state index in [1.54, 1.807) is 6.92 Å². The first-order valence-corrected chi connectivity index (χ1v) is 4.53. The largest absolute Gasteiger partial charge is 0.465 e. The maximum absolute atomic E-state index is 13.3. The van der Waals surface area contributed by atoms with Crippen molar-refractivity contribution >= 4 is 5.97 Å². The molecule has 1 rings (SSSR count). The molecule has 0 fully saturated rings. The van der Waals surface area contributed by atoms with Crippen LogP contribution in [0.4, 0.5) is 4.39 Å². The lowest BCUT2D eigenvalue weighted by Crippen LogP contribution is -2.07. The molecule has 0 aliphatic heterocycles. The van der Waals surface area contributed by atoms with Crippen molar-refractivity contribution in [2.24, 2.45) is 0 Å². The molecule has 0 saturated carbocycles. The van der Waals surface area contributed by atoms with Crippen LogP contribution in [0.5, 0.6) is 0 Å². The van der Waals surface area contributed by atoms with Gasteiger partial charge in [-0.1, -0.05) is 0 Å². The fourth-order valence-electron chi connectivity index (χ4n) is 1.34. The molecule has 0 bridgehead atoms. The van der Waals surface area contributed by atoms with E-state index in [-0.39, 0.29) is 11.1 Å². The number of rotatable bonds is 2. The van der Waals surface area contributed by atoms with Gasteiger partial charge in [0.2, 0.25) is 0 Å². The van der Waals surface area contributed by atoms with Crippen molar-refractivity contribution in [3.63, 3.8) is 0 Å². The van der Waals surface area contributed by atoms with E-state index in [9.17, 15) is 14.3 Å². The molecule has 4 heteroatoms. The number of ether oxygens (including phenoxy) is 1. The summed E-state index contributed by atoms with van der Waals surface area (Å²) in [4.78, 5) is 11.3. The Bertz CT molecular complexity index is 386. The molecule has 0 aromatic heterocycles. The van der Waals surface area contributed by atoms with Crippen LogP contribution in [0, 0.1) is 12.7 Å². The van der Waals surface area contributed by atoms with Crippen molar-refractivity contribution in [1.29, 1.82) is 0 Å². The maximum atomic E-state index is 13.3. The lowest BCUT2D eigenvalue weighted by atomic mass is 10.0. The Kier molecular flexibility index (Phi) is 3.42. The quantitative estimate of drug-likeness (QED) is 0.762. The topological polar surface area (TPSA) is 46.5 Å². The molecular formula is C11H13FO3. The fraction of sp³-hybridized carbons (Fsp3) is 0.364. The molecule has 0 aliphatic rings. The first-order chi connectivity index (χ1) is 6.97. The number of aliphatic hydroxyl groups is 1. The lowest BCUT2D eigenvalue weighted by Gasteiger charge is -2.10. The van der Waals surface area contributed by atoms with E-state index in [0.717, 1.165) is 0 Å². The second-order valence-electron chi connectivity index (χ2n) is 3.36. The number of halogens is 1. The van der Waals surface area contributed by atoms with E-state index in [2.05, 4.69) is 4.74 Å². The molecule has 15 heavy (non-hydrogen) atoms. The van der Waals surface area contributed by atoms with E-state index in [1.807, 2.05) is 0 Å². The predicted octanol–water partition coefficient (Wildman–Crippen LogP) is 1.97. The second-order valence-corrected chi connectivity index (χ2v) is 3.36. The smallest absolute Gasteiger partial charge is 0.338 e. The van der Waals surface area contributed by atoms with Gasteiger partial charge in [-0.3, -0.25) is 0 Å². The number of hydrogen-bond acceptors (Lipinski definition) is 3. The average molecular weight is 212 g/mol. The number of methoxy groups -OCH3 is 1. The monoisotopic (exact) mass is 212 g/mol. The zero-order valence-corrected chi connectivity index (χ0v) is 8.87. The van der Waals surface area contributed by atoms with Gasteiger partial charge in [-0.05, 0) is 31.5 Å². The van der Waals surface area contributed by atoms with Gasteiger partial charge in [-0.15, -0.1) is 0 Å². The fourth-order valence-corrected chi connectivity index (χ4v) is 1.34. The highest BCUT2D eigenvalue weighted by Crippen LogP contribution is 2.21. The molecule has 0 radical (unpaired) electrons.